The number of aromatic nitrogens is 4. The van der Waals surface area contributed by atoms with Crippen LogP contribution in [0.15, 0.2) is 102 Å². The third kappa shape index (κ3) is 6.19. The van der Waals surface area contributed by atoms with E-state index in [1.165, 1.54) is 23.9 Å². The minimum atomic E-state index is -0.425. The number of nitrogens with zero attached hydrogens (tertiary/aromatic N) is 5. The van der Waals surface area contributed by atoms with E-state index in [0.29, 0.717) is 28.8 Å². The monoisotopic (exact) mass is 536 g/mol. The highest BCUT2D eigenvalue weighted by atomic mass is 32.2. The molecule has 0 spiro atoms. The van der Waals surface area contributed by atoms with Gasteiger partial charge < -0.3 is 5.32 Å². The van der Waals surface area contributed by atoms with Gasteiger partial charge in [-0.05, 0) is 66.6 Å². The van der Waals surface area contributed by atoms with Crippen LogP contribution in [0, 0.1) is 17.0 Å². The molecule has 0 aliphatic heterocycles. The first-order valence-corrected chi connectivity index (χ1v) is 13.1. The van der Waals surface area contributed by atoms with Gasteiger partial charge in [0.05, 0.1) is 4.92 Å². The molecular formula is C29H24N6O3S. The highest BCUT2D eigenvalue weighted by molar-refractivity contribution is 7.98. The van der Waals surface area contributed by atoms with Crippen molar-refractivity contribution in [3.63, 3.8) is 0 Å². The first kappa shape index (κ1) is 25.8. The molecule has 5 aromatic rings. The van der Waals surface area contributed by atoms with Crippen molar-refractivity contribution >= 4 is 23.4 Å². The lowest BCUT2D eigenvalue weighted by atomic mass is 10.1. The van der Waals surface area contributed by atoms with E-state index < -0.39 is 4.92 Å². The van der Waals surface area contributed by atoms with Gasteiger partial charge in [-0.2, -0.15) is 0 Å². The summed E-state index contributed by atoms with van der Waals surface area (Å²) in [7, 11) is 0. The van der Waals surface area contributed by atoms with Crippen molar-refractivity contribution in [3.8, 4) is 17.1 Å². The molecule has 9 nitrogen and oxygen atoms in total. The Morgan fingerprint density at radius 2 is 1.59 bits per heavy atom. The normalized spacial score (nSPS) is 10.8. The maximum atomic E-state index is 12.5. The second kappa shape index (κ2) is 11.7. The third-order valence-corrected chi connectivity index (χ3v) is 7.05. The zero-order chi connectivity index (χ0) is 27.2. The van der Waals surface area contributed by atoms with Gasteiger partial charge in [0.15, 0.2) is 11.0 Å². The van der Waals surface area contributed by atoms with Crippen molar-refractivity contribution in [3.05, 3.63) is 130 Å². The van der Waals surface area contributed by atoms with E-state index in [1.54, 1.807) is 24.5 Å². The molecule has 0 saturated heterocycles. The molecule has 2 heterocycles. The van der Waals surface area contributed by atoms with Crippen molar-refractivity contribution in [1.82, 2.24) is 25.1 Å². The molecular weight excluding hydrogens is 512 g/mol. The molecule has 39 heavy (non-hydrogen) atoms. The zero-order valence-electron chi connectivity index (χ0n) is 21.0. The van der Waals surface area contributed by atoms with Crippen LogP contribution in [-0.4, -0.2) is 30.6 Å². The summed E-state index contributed by atoms with van der Waals surface area (Å²) in [5.74, 6) is 1.07. The van der Waals surface area contributed by atoms with Gasteiger partial charge in [0.1, 0.15) is 0 Å². The summed E-state index contributed by atoms with van der Waals surface area (Å²) >= 11 is 1.52. The van der Waals surface area contributed by atoms with Crippen LogP contribution in [0.3, 0.4) is 0 Å². The van der Waals surface area contributed by atoms with E-state index in [0.717, 1.165) is 27.9 Å². The molecule has 0 saturated carbocycles. The zero-order valence-corrected chi connectivity index (χ0v) is 21.8. The highest BCUT2D eigenvalue weighted by Gasteiger charge is 2.17. The minimum absolute atomic E-state index is 0.0178. The number of thioether (sulfide) groups is 1. The van der Waals surface area contributed by atoms with Crippen LogP contribution < -0.4 is 5.32 Å². The standard InChI is InChI=1S/C29H24N6O3S/c1-20-2-10-25(11-3-20)34-27(23-8-12-26(13-9-23)35(37)38)32-33-29(34)39-19-22-4-6-24(7-5-22)28(36)31-18-21-14-16-30-17-15-21/h2-17H,18-19H2,1H3,(H,31,36). The Morgan fingerprint density at radius 1 is 0.897 bits per heavy atom. The van der Waals surface area contributed by atoms with E-state index in [9.17, 15) is 14.9 Å². The summed E-state index contributed by atoms with van der Waals surface area (Å²) in [4.78, 5) is 27.2. The fourth-order valence-corrected chi connectivity index (χ4v) is 4.80. The summed E-state index contributed by atoms with van der Waals surface area (Å²) in [6.45, 7) is 2.45. The average molecular weight is 537 g/mol. The SMILES string of the molecule is Cc1ccc(-n2c(SCc3ccc(C(=O)NCc4ccncc4)cc3)nnc2-c2ccc([N+](=O)[O-])cc2)cc1. The van der Waals surface area contributed by atoms with Crippen LogP contribution in [0.25, 0.3) is 17.1 Å². The first-order valence-electron chi connectivity index (χ1n) is 12.1. The number of hydrogen-bond donors (Lipinski definition) is 1. The number of benzene rings is 3. The number of pyridine rings is 1. The molecule has 0 aliphatic carbocycles. The molecule has 5 rings (SSSR count). The predicted molar refractivity (Wildman–Crippen MR) is 150 cm³/mol. The summed E-state index contributed by atoms with van der Waals surface area (Å²) in [6, 6.07) is 25.5. The second-order valence-corrected chi connectivity index (χ2v) is 9.75. The van der Waals surface area contributed by atoms with E-state index in [-0.39, 0.29) is 11.6 Å². The smallest absolute Gasteiger partial charge is 0.269 e. The van der Waals surface area contributed by atoms with Gasteiger partial charge in [0, 0.05) is 53.6 Å². The van der Waals surface area contributed by atoms with Crippen molar-refractivity contribution in [2.75, 3.05) is 0 Å². The number of hydrogen-bond acceptors (Lipinski definition) is 7. The molecule has 0 unspecified atom stereocenters. The van der Waals surface area contributed by atoms with Crippen LogP contribution in [-0.2, 0) is 12.3 Å². The minimum Gasteiger partial charge on any atom is -0.348 e. The molecule has 194 valence electrons. The van der Waals surface area contributed by atoms with E-state index in [2.05, 4.69) is 20.5 Å². The van der Waals surface area contributed by atoms with Gasteiger partial charge in [0.2, 0.25) is 0 Å². The fraction of sp³-hybridized carbons (Fsp3) is 0.103. The lowest BCUT2D eigenvalue weighted by Gasteiger charge is -2.11. The number of aryl methyl sites for hydroxylation is 1. The van der Waals surface area contributed by atoms with E-state index in [1.807, 2.05) is 72.2 Å². The summed E-state index contributed by atoms with van der Waals surface area (Å²) in [5, 5.41) is 23.5. The molecule has 2 aromatic heterocycles. The lowest BCUT2D eigenvalue weighted by molar-refractivity contribution is -0.384. The summed E-state index contributed by atoms with van der Waals surface area (Å²) < 4.78 is 1.95. The van der Waals surface area contributed by atoms with Crippen LogP contribution in [0.5, 0.6) is 0 Å². The summed E-state index contributed by atoms with van der Waals surface area (Å²) in [5.41, 5.74) is 5.36. The quantitative estimate of drug-likeness (QED) is 0.144. The Bertz CT molecular complexity index is 1590. The van der Waals surface area contributed by atoms with E-state index in [4.69, 9.17) is 0 Å². The van der Waals surface area contributed by atoms with Gasteiger partial charge in [0.25, 0.3) is 11.6 Å². The van der Waals surface area contributed by atoms with Crippen molar-refractivity contribution in [2.24, 2.45) is 0 Å². The fourth-order valence-electron chi connectivity index (χ4n) is 3.89. The number of amides is 1. The highest BCUT2D eigenvalue weighted by Crippen LogP contribution is 2.30. The van der Waals surface area contributed by atoms with Crippen molar-refractivity contribution in [2.45, 2.75) is 24.4 Å². The Labute approximate surface area is 229 Å². The Hall–Kier alpha value is -4.83. The number of carbonyl (C=O) groups excluding carboxylic acids is 1. The van der Waals surface area contributed by atoms with Gasteiger partial charge in [-0.15, -0.1) is 10.2 Å². The topological polar surface area (TPSA) is 116 Å². The third-order valence-electron chi connectivity index (χ3n) is 6.05. The molecule has 0 fully saturated rings. The molecule has 0 radical (unpaired) electrons. The Kier molecular flexibility index (Phi) is 7.74. The molecule has 0 aliphatic rings. The molecule has 3 aromatic carbocycles. The van der Waals surface area contributed by atoms with Crippen LogP contribution >= 0.6 is 11.8 Å². The second-order valence-electron chi connectivity index (χ2n) is 8.80. The van der Waals surface area contributed by atoms with Crippen LogP contribution in [0.2, 0.25) is 0 Å². The van der Waals surface area contributed by atoms with Gasteiger partial charge in [-0.3, -0.25) is 24.5 Å². The average Bonchev–Trinajstić information content (AvgIpc) is 3.40. The van der Waals surface area contributed by atoms with Gasteiger partial charge in [-0.1, -0.05) is 41.6 Å². The number of nitro benzene ring substituents is 1. The van der Waals surface area contributed by atoms with Gasteiger partial charge in [-0.25, -0.2) is 0 Å². The lowest BCUT2D eigenvalue weighted by Crippen LogP contribution is -2.22. The van der Waals surface area contributed by atoms with Crippen LogP contribution in [0.4, 0.5) is 5.69 Å². The van der Waals surface area contributed by atoms with Crippen LogP contribution in [0.1, 0.15) is 27.0 Å². The molecule has 10 heteroatoms. The molecule has 0 bridgehead atoms. The molecule has 1 amide bonds. The number of nitro groups is 1. The Morgan fingerprint density at radius 3 is 2.26 bits per heavy atom. The first-order chi connectivity index (χ1) is 19.0. The van der Waals surface area contributed by atoms with Gasteiger partial charge >= 0.3 is 0 Å². The number of nitrogens with one attached hydrogen (secondary N) is 1. The number of carbonyl (C=O) groups is 1. The van der Waals surface area contributed by atoms with Crippen molar-refractivity contribution in [1.29, 1.82) is 0 Å². The largest absolute Gasteiger partial charge is 0.348 e. The number of rotatable bonds is 9. The molecule has 0 atom stereocenters. The maximum absolute atomic E-state index is 12.5. The Balaban J connectivity index is 1.32. The van der Waals surface area contributed by atoms with E-state index >= 15 is 0 Å². The van der Waals surface area contributed by atoms with Crippen molar-refractivity contribution < 1.29 is 9.72 Å². The predicted octanol–water partition coefficient (Wildman–Crippen LogP) is 5.77. The maximum Gasteiger partial charge on any atom is 0.269 e. The summed E-state index contributed by atoms with van der Waals surface area (Å²) in [6.07, 6.45) is 3.39. The number of non-ortho nitro benzene ring substituents is 1. The molecule has 1 N–H and O–H groups in total.